The standard InChI is InChI=1S/C55H78N4O8/c1-6-35-15-17-40-41(13-10-26-60)43-14-8-23-55(43)39-30-45(51(64)48(31-39)67-53(34-56-2)24-21-37(32-53)29-50(63)66-5)59-52(57-3)58-25-9-12-38-11-7-22-54(38,49(62)20-18-44(55)42(40)27-35)33-36-16-19-46(61)47(28-36)65-4/h16,18-20,28,30-31,35,37-38,40-44,50,56,60-61,63-64H,6-8,10-15,17,21-24,26-27,29,32-34H2,1-5H3,(H2,57,58,59)/b20-18+/t35-,37+,38-,40+,41+,42-,43-,44+,50+,53-,54+,55+/m0/s1. The van der Waals surface area contributed by atoms with Gasteiger partial charge in [-0.1, -0.05) is 50.7 Å². The summed E-state index contributed by atoms with van der Waals surface area (Å²) in [7, 11) is 6.71. The summed E-state index contributed by atoms with van der Waals surface area (Å²) < 4.78 is 18.1. The molecule has 1 spiro atoms. The van der Waals surface area contributed by atoms with Crippen molar-refractivity contribution in [1.29, 1.82) is 0 Å². The summed E-state index contributed by atoms with van der Waals surface area (Å²) in [5.74, 6) is 7.07. The van der Waals surface area contributed by atoms with Crippen molar-refractivity contribution in [2.24, 2.45) is 57.8 Å². The van der Waals surface area contributed by atoms with Crippen LogP contribution in [0.15, 0.2) is 47.5 Å². The van der Waals surface area contributed by atoms with Crippen LogP contribution in [0.1, 0.15) is 127 Å². The summed E-state index contributed by atoms with van der Waals surface area (Å²) in [5, 5.41) is 53.9. The van der Waals surface area contributed by atoms with Crippen molar-refractivity contribution in [3.8, 4) is 35.0 Å². The number of methoxy groups -OCH3 is 2. The lowest BCUT2D eigenvalue weighted by atomic mass is 9.45. The number of nitrogens with one attached hydrogen (secondary N) is 3. The van der Waals surface area contributed by atoms with Crippen LogP contribution in [0.5, 0.6) is 23.0 Å². The molecule has 8 rings (SSSR count). The number of hydrogen-bond acceptors (Lipinski definition) is 10. The molecule has 5 aliphatic carbocycles. The van der Waals surface area contributed by atoms with E-state index >= 15 is 4.79 Å². The monoisotopic (exact) mass is 923 g/mol. The fraction of sp³-hybridized carbons (Fsp3) is 0.673. The Labute approximate surface area is 399 Å². The number of ketones is 1. The highest BCUT2D eigenvalue weighted by molar-refractivity contribution is 5.97. The van der Waals surface area contributed by atoms with Crippen molar-refractivity contribution in [3.05, 3.63) is 53.6 Å². The Balaban J connectivity index is 1.32. The molecule has 2 aromatic rings. The summed E-state index contributed by atoms with van der Waals surface area (Å²) in [4.78, 5) is 20.2. The van der Waals surface area contributed by atoms with Gasteiger partial charge in [-0.2, -0.15) is 0 Å². The van der Waals surface area contributed by atoms with Gasteiger partial charge in [-0.05, 0) is 173 Å². The number of allylic oxidation sites excluding steroid dienone is 2. The van der Waals surface area contributed by atoms with Gasteiger partial charge in [0, 0.05) is 57.0 Å². The van der Waals surface area contributed by atoms with Crippen molar-refractivity contribution < 1.29 is 39.4 Å². The first-order valence-corrected chi connectivity index (χ1v) is 25.6. The van der Waals surface area contributed by atoms with E-state index in [4.69, 9.17) is 14.2 Å². The minimum atomic E-state index is -0.854. The van der Waals surface area contributed by atoms with Crippen LogP contribution in [0.3, 0.4) is 0 Å². The van der Waals surface area contributed by atoms with E-state index in [1.54, 1.807) is 20.2 Å². The molecular formula is C55H78N4O8. The molecule has 366 valence electrons. The highest BCUT2D eigenvalue weighted by atomic mass is 16.6. The summed E-state index contributed by atoms with van der Waals surface area (Å²) in [6.07, 6.45) is 19.2. The highest BCUT2D eigenvalue weighted by Gasteiger charge is 2.61. The number of nitrogens with zero attached hydrogens (tertiary/aromatic N) is 1. The van der Waals surface area contributed by atoms with Crippen molar-refractivity contribution >= 4 is 17.4 Å². The number of carbonyl (C=O) groups is 1. The lowest BCUT2D eigenvalue weighted by Gasteiger charge is -2.59. The topological polar surface area (TPSA) is 174 Å². The van der Waals surface area contributed by atoms with E-state index in [-0.39, 0.29) is 47.6 Å². The van der Waals surface area contributed by atoms with Crippen LogP contribution in [-0.2, 0) is 21.4 Å². The molecule has 2 bridgehead atoms. The average molecular weight is 923 g/mol. The van der Waals surface area contributed by atoms with Crippen molar-refractivity contribution in [1.82, 2.24) is 10.6 Å². The third-order valence-electron chi connectivity index (χ3n) is 17.9. The second-order valence-electron chi connectivity index (χ2n) is 21.2. The third-order valence-corrected chi connectivity index (χ3v) is 17.9. The molecule has 6 aliphatic rings. The van der Waals surface area contributed by atoms with E-state index in [0.717, 1.165) is 94.6 Å². The Morgan fingerprint density at radius 3 is 2.60 bits per heavy atom. The second-order valence-corrected chi connectivity index (χ2v) is 21.2. The number of guanidine groups is 1. The van der Waals surface area contributed by atoms with Gasteiger partial charge in [0.05, 0.1) is 12.8 Å². The Bertz CT molecular complexity index is 2190. The van der Waals surface area contributed by atoms with Crippen LogP contribution < -0.4 is 25.4 Å². The maximum atomic E-state index is 15.6. The quantitative estimate of drug-likeness (QED) is 0.0550. The summed E-state index contributed by atoms with van der Waals surface area (Å²) >= 11 is 0. The Hall–Kier alpha value is -4.28. The summed E-state index contributed by atoms with van der Waals surface area (Å²) in [6, 6.07) is 12.9. The zero-order chi connectivity index (χ0) is 47.3. The van der Waals surface area contributed by atoms with Gasteiger partial charge in [-0.25, -0.2) is 0 Å². The van der Waals surface area contributed by atoms with Gasteiger partial charge in [0.25, 0.3) is 0 Å². The molecule has 5 saturated carbocycles. The number of phenols is 2. The zero-order valence-electron chi connectivity index (χ0n) is 40.7. The van der Waals surface area contributed by atoms with Gasteiger partial charge in [0.15, 0.2) is 35.1 Å². The maximum Gasteiger partial charge on any atom is 0.207 e. The molecule has 5 fully saturated rings. The smallest absolute Gasteiger partial charge is 0.207 e. The lowest BCUT2D eigenvalue weighted by molar-refractivity contribution is -0.125. The molecule has 67 heavy (non-hydrogen) atoms. The second kappa shape index (κ2) is 21.2. The van der Waals surface area contributed by atoms with Gasteiger partial charge in [-0.15, -0.1) is 0 Å². The molecule has 2 aromatic carbocycles. The van der Waals surface area contributed by atoms with E-state index in [1.807, 2.05) is 25.3 Å². The number of aliphatic hydroxyl groups excluding tert-OH is 2. The number of rotatable bonds is 14. The van der Waals surface area contributed by atoms with Crippen molar-refractivity contribution in [2.75, 3.05) is 46.8 Å². The number of ether oxygens (including phenoxy) is 3. The minimum absolute atomic E-state index is 0.000627. The molecule has 12 atom stereocenters. The Morgan fingerprint density at radius 2 is 1.84 bits per heavy atom. The number of anilines is 1. The first-order valence-electron chi connectivity index (χ1n) is 25.6. The fourth-order valence-electron chi connectivity index (χ4n) is 14.9. The number of aliphatic hydroxyl groups is 2. The predicted octanol–water partition coefficient (Wildman–Crippen LogP) is 8.60. The van der Waals surface area contributed by atoms with E-state index in [2.05, 4.69) is 58.0 Å². The number of hydrogen-bond donors (Lipinski definition) is 7. The largest absolute Gasteiger partial charge is 0.504 e. The zero-order valence-corrected chi connectivity index (χ0v) is 40.7. The van der Waals surface area contributed by atoms with Crippen LogP contribution in [0.25, 0.3) is 0 Å². The molecule has 12 nitrogen and oxygen atoms in total. The maximum absolute atomic E-state index is 15.6. The van der Waals surface area contributed by atoms with E-state index in [9.17, 15) is 20.4 Å². The molecule has 0 unspecified atom stereocenters. The molecule has 12 heteroatoms. The third kappa shape index (κ3) is 9.69. The van der Waals surface area contributed by atoms with E-state index in [0.29, 0.717) is 79.0 Å². The number of fused-ring (bicyclic) bond motifs is 5. The lowest BCUT2D eigenvalue weighted by Crippen LogP contribution is -2.55. The van der Waals surface area contributed by atoms with E-state index < -0.39 is 22.7 Å². The molecule has 0 saturated heterocycles. The fourth-order valence-corrected chi connectivity index (χ4v) is 14.9. The first-order chi connectivity index (χ1) is 32.5. The number of benzene rings is 2. The van der Waals surface area contributed by atoms with Crippen LogP contribution in [0, 0.1) is 64.7 Å². The molecule has 1 heterocycles. The number of likely N-dealkylation sites (N-methyl/N-ethyl adjacent to an activating group) is 1. The predicted molar refractivity (Wildman–Crippen MR) is 262 cm³/mol. The molecule has 7 N–H and O–H groups in total. The van der Waals surface area contributed by atoms with Crippen LogP contribution in [0.4, 0.5) is 5.69 Å². The summed E-state index contributed by atoms with van der Waals surface area (Å²) in [5.41, 5.74) is 0.796. The summed E-state index contributed by atoms with van der Waals surface area (Å²) in [6.45, 7) is 3.04. The number of phenolic OH excluding ortho intramolecular Hbond substituents is 2. The highest BCUT2D eigenvalue weighted by Crippen LogP contribution is 2.67. The number of carbonyl (C=O) groups excluding carboxylic acids is 1. The van der Waals surface area contributed by atoms with Crippen molar-refractivity contribution in [2.45, 2.75) is 140 Å². The normalized spacial score (nSPS) is 35.2. The van der Waals surface area contributed by atoms with Gasteiger partial charge in [0.1, 0.15) is 5.60 Å². The average Bonchev–Trinajstić information content (AvgIpc) is 4.07. The van der Waals surface area contributed by atoms with Crippen LogP contribution in [0.2, 0.25) is 0 Å². The Kier molecular flexibility index (Phi) is 15.5. The molecule has 0 amide bonds. The molecular weight excluding hydrogens is 845 g/mol. The number of aliphatic imine (C=N–C) groups is 1. The molecule has 0 radical (unpaired) electrons. The molecule has 0 aromatic heterocycles. The van der Waals surface area contributed by atoms with Crippen LogP contribution >= 0.6 is 0 Å². The van der Waals surface area contributed by atoms with E-state index in [1.165, 1.54) is 13.5 Å². The molecule has 1 aliphatic heterocycles. The minimum Gasteiger partial charge on any atom is -0.504 e. The van der Waals surface area contributed by atoms with Gasteiger partial charge < -0.3 is 45.3 Å². The van der Waals surface area contributed by atoms with Gasteiger partial charge in [-0.3, -0.25) is 15.1 Å². The first kappa shape index (κ1) is 49.2. The number of aromatic hydroxyl groups is 2. The SMILES string of the molecule is CC[C@H]1CC[C@@H]2[C@@H](CCCO)[C@@H]3CCC[C@@]34c3cc(c(O)c(O[C@@]5(CNC)CC[C@H](C[C@H](O)OC)C5)c3)NC(=NC)NC#CC[C@@H]3CCC[C@]3(Cc3ccc(O)c(OC)c3)C(=O)/C=C/[C@@H]4[C@H]2C1. The van der Waals surface area contributed by atoms with Gasteiger partial charge in [0.2, 0.25) is 5.96 Å². The Morgan fingerprint density at radius 1 is 1.00 bits per heavy atom. The van der Waals surface area contributed by atoms with Crippen molar-refractivity contribution in [3.63, 3.8) is 0 Å². The van der Waals surface area contributed by atoms with Gasteiger partial charge >= 0.3 is 0 Å². The van der Waals surface area contributed by atoms with Crippen LogP contribution in [-0.4, -0.2) is 85.5 Å².